The van der Waals surface area contributed by atoms with E-state index in [9.17, 15) is 10.2 Å². The molecule has 1 heterocycles. The van der Waals surface area contributed by atoms with Gasteiger partial charge in [-0.3, -0.25) is 0 Å². The Labute approximate surface area is 323 Å². The van der Waals surface area contributed by atoms with Gasteiger partial charge in [0.1, 0.15) is 0 Å². The van der Waals surface area contributed by atoms with Gasteiger partial charge in [0, 0.05) is 0 Å². The standard InChI is InChI=1S/C46H68O2S2.Zr/c47-45-39(27-37(33-17-7-3-8-18-33)29-41(45)35-21-11-5-12-22-35)31-49-43-25-15-1-2-16-26-44(43)50-32-40-28-38(34-19-9-4-10-20-34)30-42(46(40)48)36-23-13-6-14-24-36;/h27-30,33-36,43-44,47-48H,1-26,31-32H2;/t43-,44?;/m0./s1. The van der Waals surface area contributed by atoms with Crippen LogP contribution >= 0.6 is 14.2 Å². The fourth-order valence-electron chi connectivity index (χ4n) is 11.4. The van der Waals surface area contributed by atoms with Crippen LogP contribution in [0.1, 0.15) is 224 Å². The molecule has 1 aliphatic heterocycles. The molecule has 51 heavy (non-hydrogen) atoms. The van der Waals surface area contributed by atoms with Crippen molar-refractivity contribution in [1.82, 2.24) is 0 Å². The van der Waals surface area contributed by atoms with Gasteiger partial charge in [-0.1, -0.05) is 0 Å². The second-order valence-electron chi connectivity index (χ2n) is 17.9. The Hall–Kier alpha value is -0.377. The van der Waals surface area contributed by atoms with Crippen LogP contribution < -0.4 is 0 Å². The molecule has 2 N–H and O–H groups in total. The molecule has 2 aromatic carbocycles. The first-order valence-electron chi connectivity index (χ1n) is 22.0. The fraction of sp³-hybridized carbons (Fsp3) is 0.739. The number of hydrogen-bond acceptors (Lipinski definition) is 2. The van der Waals surface area contributed by atoms with Gasteiger partial charge in [0.15, 0.2) is 0 Å². The van der Waals surface area contributed by atoms with Crippen LogP contribution in [-0.4, -0.2) is 20.7 Å². The number of fused-ring (bicyclic) bond motifs is 1. The molecule has 0 aromatic heterocycles. The summed E-state index contributed by atoms with van der Waals surface area (Å²) in [6, 6.07) is 10.1. The van der Waals surface area contributed by atoms with E-state index in [1.165, 1.54) is 201 Å². The molecule has 5 fully saturated rings. The predicted octanol–water partition coefficient (Wildman–Crippen LogP) is 14.5. The second-order valence-corrected chi connectivity index (χ2v) is 33.5. The summed E-state index contributed by atoms with van der Waals surface area (Å²) in [5, 5.41) is 26.1. The molecule has 5 heteroatoms. The number of phenolic OH excluding ortho intramolecular Hbond substituents is 2. The van der Waals surface area contributed by atoms with Crippen molar-refractivity contribution in [3.05, 3.63) is 57.6 Å². The van der Waals surface area contributed by atoms with Crippen LogP contribution in [0, 0.1) is 0 Å². The average Bonchev–Trinajstić information content (AvgIpc) is 3.47. The van der Waals surface area contributed by atoms with Gasteiger partial charge in [0.05, 0.1) is 0 Å². The quantitative estimate of drug-likeness (QED) is 0.279. The first kappa shape index (κ1) is 37.5. The fourth-order valence-corrected chi connectivity index (χ4v) is 40.3. The Kier molecular flexibility index (Phi) is 13.3. The number of aromatic hydroxyl groups is 2. The maximum atomic E-state index is 12.2. The van der Waals surface area contributed by atoms with Crippen molar-refractivity contribution < 1.29 is 29.4 Å². The van der Waals surface area contributed by atoms with Crippen molar-refractivity contribution in [3.63, 3.8) is 0 Å². The Morgan fingerprint density at radius 3 is 1.10 bits per heavy atom. The molecule has 2 aromatic rings. The molecule has 0 amide bonds. The summed E-state index contributed by atoms with van der Waals surface area (Å²) in [5.74, 6) is 6.32. The van der Waals surface area contributed by atoms with Crippen molar-refractivity contribution in [3.8, 4) is 11.5 Å². The van der Waals surface area contributed by atoms with Crippen molar-refractivity contribution >= 4 is 14.2 Å². The van der Waals surface area contributed by atoms with E-state index in [-0.39, 0.29) is 0 Å². The molecule has 280 valence electrons. The molecule has 8 rings (SSSR count). The Balaban J connectivity index is 1.17. The minimum atomic E-state index is -0.743. The molecule has 5 saturated carbocycles. The molecule has 3 unspecified atom stereocenters. The van der Waals surface area contributed by atoms with E-state index in [2.05, 4.69) is 24.3 Å². The van der Waals surface area contributed by atoms with E-state index in [4.69, 9.17) is 0 Å². The third-order valence-corrected chi connectivity index (χ3v) is 36.2. The van der Waals surface area contributed by atoms with E-state index < -0.39 is 19.2 Å². The predicted molar refractivity (Wildman–Crippen MR) is 217 cm³/mol. The zero-order valence-corrected chi connectivity index (χ0v) is 35.9. The molecular weight excluding hydrogens is 740 g/mol. The third kappa shape index (κ3) is 8.87. The van der Waals surface area contributed by atoms with Crippen LogP contribution in [0.2, 0.25) is 0 Å². The van der Waals surface area contributed by atoms with Gasteiger partial charge >= 0.3 is 325 Å². The van der Waals surface area contributed by atoms with Crippen LogP contribution in [-0.2, 0) is 30.7 Å². The molecule has 0 saturated heterocycles. The number of rotatable bonds is 8. The molecule has 5 aliphatic carbocycles. The van der Waals surface area contributed by atoms with Crippen molar-refractivity contribution in [2.45, 2.75) is 213 Å². The number of benzene rings is 2. The van der Waals surface area contributed by atoms with Gasteiger partial charge in [-0.15, -0.1) is 0 Å². The van der Waals surface area contributed by atoms with E-state index in [0.717, 1.165) is 22.0 Å². The molecule has 0 bridgehead atoms. The van der Waals surface area contributed by atoms with Crippen LogP contribution in [0.4, 0.5) is 0 Å². The minimum absolute atomic E-state index is 0.461. The summed E-state index contributed by atoms with van der Waals surface area (Å²) in [6.45, 7) is 0. The zero-order chi connectivity index (χ0) is 34.6. The molecule has 6 aliphatic rings. The van der Waals surface area contributed by atoms with E-state index >= 15 is 0 Å². The van der Waals surface area contributed by atoms with E-state index in [1.807, 2.05) is 0 Å². The van der Waals surface area contributed by atoms with E-state index in [1.54, 1.807) is 11.1 Å². The van der Waals surface area contributed by atoms with Crippen LogP contribution in [0.15, 0.2) is 24.3 Å². The number of hydrogen-bond donors (Lipinski definition) is 2. The summed E-state index contributed by atoms with van der Waals surface area (Å²) >= 11 is -0.743. The summed E-state index contributed by atoms with van der Waals surface area (Å²) in [5.41, 5.74) is 8.57. The Morgan fingerprint density at radius 2 is 0.725 bits per heavy atom. The molecule has 2 nitrogen and oxygen atoms in total. The summed E-state index contributed by atoms with van der Waals surface area (Å²) in [7, 11) is 0.922. The van der Waals surface area contributed by atoms with Crippen LogP contribution in [0.25, 0.3) is 0 Å². The van der Waals surface area contributed by atoms with Crippen LogP contribution in [0.5, 0.6) is 11.5 Å². The molecule has 0 radical (unpaired) electrons. The van der Waals surface area contributed by atoms with Crippen LogP contribution in [0.3, 0.4) is 0 Å². The molecular formula is C46H68O2S2Zr. The maximum absolute atomic E-state index is 12.2. The third-order valence-electron chi connectivity index (χ3n) is 14.4. The van der Waals surface area contributed by atoms with Crippen molar-refractivity contribution in [1.29, 1.82) is 0 Å². The normalized spacial score (nSPS) is 29.1. The monoisotopic (exact) mass is 806 g/mol. The van der Waals surface area contributed by atoms with Gasteiger partial charge in [-0.2, -0.15) is 0 Å². The van der Waals surface area contributed by atoms with Gasteiger partial charge in [-0.05, 0) is 0 Å². The summed E-state index contributed by atoms with van der Waals surface area (Å²) in [4.78, 5) is 0. The summed E-state index contributed by atoms with van der Waals surface area (Å²) in [6.07, 6.45) is 35.3. The van der Waals surface area contributed by atoms with Gasteiger partial charge < -0.3 is 0 Å². The average molecular weight is 808 g/mol. The molecule has 4 atom stereocenters. The summed E-state index contributed by atoms with van der Waals surface area (Å²) < 4.78 is 0. The van der Waals surface area contributed by atoms with Gasteiger partial charge in [0.2, 0.25) is 0 Å². The Morgan fingerprint density at radius 1 is 0.412 bits per heavy atom. The SMILES string of the molecule is Oc1c(C[S]2=[Zr]=[S](Cc3cc(C4CCCCC4)cc(C4CCCCC4)c3O)[C@H]3CCCCCCC32)cc(C2CCCCC2)cc1C1CCCCC1. The van der Waals surface area contributed by atoms with Crippen molar-refractivity contribution in [2.24, 2.45) is 0 Å². The second kappa shape index (κ2) is 18.0. The van der Waals surface area contributed by atoms with Crippen molar-refractivity contribution in [2.75, 3.05) is 0 Å². The Bertz CT molecular complexity index is 1450. The first-order chi connectivity index (χ1) is 25.1. The zero-order valence-electron chi connectivity index (χ0n) is 31.8. The number of phenols is 2. The molecule has 0 spiro atoms. The van der Waals surface area contributed by atoms with Gasteiger partial charge in [0.25, 0.3) is 0 Å². The van der Waals surface area contributed by atoms with E-state index in [0.29, 0.717) is 37.9 Å². The van der Waals surface area contributed by atoms with Gasteiger partial charge in [-0.25, -0.2) is 0 Å². The first-order valence-corrected chi connectivity index (χ1v) is 30.9. The topological polar surface area (TPSA) is 40.5 Å².